The van der Waals surface area contributed by atoms with Gasteiger partial charge >= 0.3 is 0 Å². The molecule has 1 heterocycles. The monoisotopic (exact) mass is 503 g/mol. The maximum Gasteiger partial charge on any atom is 0.264 e. The summed E-state index contributed by atoms with van der Waals surface area (Å²) in [6.45, 7) is 7.44. The second-order valence-corrected chi connectivity index (χ2v) is 11.0. The van der Waals surface area contributed by atoms with Crippen LogP contribution in [0.2, 0.25) is 0 Å². The van der Waals surface area contributed by atoms with Crippen LogP contribution in [0.5, 0.6) is 11.5 Å². The summed E-state index contributed by atoms with van der Waals surface area (Å²) < 4.78 is 38.9. The molecule has 1 fully saturated rings. The molecule has 9 heteroatoms. The number of methoxy groups -OCH3 is 2. The standard InChI is InChI=1S/C26H37N3O5S/c1-20-6-9-23(10-7-20)35(31,32)29(22-8-11-24(33-3)25(18-22)34-4)19-26(30)27-14-5-15-28-16-12-21(2)13-17-28/h6-11,18,21H,5,12-17,19H2,1-4H3,(H,27,30). The molecule has 1 aliphatic rings. The van der Waals surface area contributed by atoms with Crippen LogP contribution >= 0.6 is 0 Å². The first-order valence-electron chi connectivity index (χ1n) is 12.0. The van der Waals surface area contributed by atoms with Gasteiger partial charge in [0.25, 0.3) is 10.0 Å². The Balaban J connectivity index is 1.73. The highest BCUT2D eigenvalue weighted by Gasteiger charge is 2.28. The Morgan fingerprint density at radius 1 is 1.06 bits per heavy atom. The molecule has 1 saturated heterocycles. The van der Waals surface area contributed by atoms with Crippen molar-refractivity contribution in [3.63, 3.8) is 0 Å². The number of carbonyl (C=O) groups is 1. The number of rotatable bonds is 11. The van der Waals surface area contributed by atoms with E-state index in [9.17, 15) is 13.2 Å². The SMILES string of the molecule is COc1ccc(N(CC(=O)NCCCN2CCC(C)CC2)S(=O)(=O)c2ccc(C)cc2)cc1OC. The molecule has 0 saturated carbocycles. The Hall–Kier alpha value is -2.78. The highest BCUT2D eigenvalue weighted by molar-refractivity contribution is 7.92. The molecule has 0 aliphatic carbocycles. The van der Waals surface area contributed by atoms with Gasteiger partial charge in [0.2, 0.25) is 5.91 Å². The summed E-state index contributed by atoms with van der Waals surface area (Å²) in [5.41, 5.74) is 1.27. The van der Waals surface area contributed by atoms with Crippen LogP contribution in [0.15, 0.2) is 47.4 Å². The molecule has 0 bridgehead atoms. The molecule has 0 atom stereocenters. The third-order valence-electron chi connectivity index (χ3n) is 6.40. The molecule has 8 nitrogen and oxygen atoms in total. The number of ether oxygens (including phenoxy) is 2. The van der Waals surface area contributed by atoms with E-state index in [4.69, 9.17) is 9.47 Å². The van der Waals surface area contributed by atoms with Crippen LogP contribution in [0.25, 0.3) is 0 Å². The first kappa shape index (κ1) is 26.8. The number of nitrogens with one attached hydrogen (secondary N) is 1. The zero-order valence-electron chi connectivity index (χ0n) is 21.1. The van der Waals surface area contributed by atoms with E-state index in [0.29, 0.717) is 23.7 Å². The predicted octanol–water partition coefficient (Wildman–Crippen LogP) is 3.45. The molecule has 3 rings (SSSR count). The maximum atomic E-state index is 13.6. The lowest BCUT2D eigenvalue weighted by Gasteiger charge is -2.30. The van der Waals surface area contributed by atoms with Crippen molar-refractivity contribution in [1.29, 1.82) is 0 Å². The second kappa shape index (κ2) is 12.3. The highest BCUT2D eigenvalue weighted by Crippen LogP contribution is 2.33. The first-order valence-corrected chi connectivity index (χ1v) is 13.5. The molecule has 1 amide bonds. The van der Waals surface area contributed by atoms with E-state index < -0.39 is 10.0 Å². The Morgan fingerprint density at radius 3 is 2.34 bits per heavy atom. The van der Waals surface area contributed by atoms with Gasteiger partial charge in [0.15, 0.2) is 11.5 Å². The van der Waals surface area contributed by atoms with Crippen molar-refractivity contribution in [2.45, 2.75) is 38.0 Å². The van der Waals surface area contributed by atoms with Crippen molar-refractivity contribution < 1.29 is 22.7 Å². The maximum absolute atomic E-state index is 13.6. The fourth-order valence-electron chi connectivity index (χ4n) is 4.14. The van der Waals surface area contributed by atoms with E-state index in [0.717, 1.165) is 41.8 Å². The first-order chi connectivity index (χ1) is 16.7. The number of likely N-dealkylation sites (tertiary alicyclic amines) is 1. The molecule has 1 N–H and O–H groups in total. The summed E-state index contributed by atoms with van der Waals surface area (Å²) in [5, 5.41) is 2.89. The van der Waals surface area contributed by atoms with Gasteiger partial charge in [-0.05, 0) is 76.0 Å². The Labute approximate surface area is 209 Å². The number of carbonyl (C=O) groups excluding carboxylic acids is 1. The van der Waals surface area contributed by atoms with Gasteiger partial charge in [-0.2, -0.15) is 0 Å². The zero-order valence-corrected chi connectivity index (χ0v) is 21.9. The zero-order chi connectivity index (χ0) is 25.4. The summed E-state index contributed by atoms with van der Waals surface area (Å²) in [6.07, 6.45) is 3.24. The number of sulfonamides is 1. The molecular formula is C26H37N3O5S. The fourth-order valence-corrected chi connectivity index (χ4v) is 5.55. The molecule has 35 heavy (non-hydrogen) atoms. The second-order valence-electron chi connectivity index (χ2n) is 9.09. The van der Waals surface area contributed by atoms with Crippen LogP contribution in [0, 0.1) is 12.8 Å². The predicted molar refractivity (Wildman–Crippen MR) is 138 cm³/mol. The number of nitrogens with zero attached hydrogens (tertiary/aromatic N) is 2. The molecule has 1 aliphatic heterocycles. The quantitative estimate of drug-likeness (QED) is 0.473. The summed E-state index contributed by atoms with van der Waals surface area (Å²) in [6, 6.07) is 11.4. The number of aryl methyl sites for hydroxylation is 1. The van der Waals surface area contributed by atoms with Crippen molar-refractivity contribution in [2.75, 3.05) is 51.2 Å². The average molecular weight is 504 g/mol. The number of amides is 1. The lowest BCUT2D eigenvalue weighted by atomic mass is 9.99. The lowest BCUT2D eigenvalue weighted by Crippen LogP contribution is -2.42. The normalized spacial score (nSPS) is 15.0. The molecular weight excluding hydrogens is 466 g/mol. The molecule has 0 aromatic heterocycles. The number of hydrogen-bond acceptors (Lipinski definition) is 6. The van der Waals surface area contributed by atoms with Gasteiger partial charge in [-0.15, -0.1) is 0 Å². The molecule has 2 aromatic carbocycles. The smallest absolute Gasteiger partial charge is 0.264 e. The van der Waals surface area contributed by atoms with Crippen LogP contribution in [0.1, 0.15) is 31.7 Å². The van der Waals surface area contributed by atoms with Crippen molar-refractivity contribution in [2.24, 2.45) is 5.92 Å². The third kappa shape index (κ3) is 7.11. The number of piperidine rings is 1. The summed E-state index contributed by atoms with van der Waals surface area (Å²) >= 11 is 0. The minimum Gasteiger partial charge on any atom is -0.493 e. The van der Waals surface area contributed by atoms with Gasteiger partial charge < -0.3 is 19.7 Å². The van der Waals surface area contributed by atoms with Crippen molar-refractivity contribution in [3.05, 3.63) is 48.0 Å². The van der Waals surface area contributed by atoms with Crippen LogP contribution in [-0.4, -0.2) is 66.2 Å². The van der Waals surface area contributed by atoms with Crippen molar-refractivity contribution in [3.8, 4) is 11.5 Å². The van der Waals surface area contributed by atoms with Crippen LogP contribution in [0.4, 0.5) is 5.69 Å². The third-order valence-corrected chi connectivity index (χ3v) is 8.19. The van der Waals surface area contributed by atoms with Crippen molar-refractivity contribution in [1.82, 2.24) is 10.2 Å². The molecule has 0 unspecified atom stereocenters. The van der Waals surface area contributed by atoms with E-state index in [1.165, 1.54) is 27.1 Å². The summed E-state index contributed by atoms with van der Waals surface area (Å²) in [5.74, 6) is 1.28. The molecule has 192 valence electrons. The summed E-state index contributed by atoms with van der Waals surface area (Å²) in [7, 11) is -1.00. The van der Waals surface area contributed by atoms with Crippen LogP contribution < -0.4 is 19.1 Å². The van der Waals surface area contributed by atoms with Crippen LogP contribution in [0.3, 0.4) is 0 Å². The van der Waals surface area contributed by atoms with Crippen molar-refractivity contribution >= 4 is 21.6 Å². The van der Waals surface area contributed by atoms with Gasteiger partial charge in [-0.1, -0.05) is 24.6 Å². The Kier molecular flexibility index (Phi) is 9.40. The Bertz CT molecular complexity index is 1080. The van der Waals surface area contributed by atoms with E-state index in [1.807, 2.05) is 6.92 Å². The molecule has 0 radical (unpaired) electrons. The van der Waals surface area contributed by atoms with Gasteiger partial charge in [-0.25, -0.2) is 8.42 Å². The minimum absolute atomic E-state index is 0.116. The topological polar surface area (TPSA) is 88.2 Å². The largest absolute Gasteiger partial charge is 0.493 e. The van der Waals surface area contributed by atoms with Gasteiger partial charge in [0.05, 0.1) is 24.8 Å². The number of anilines is 1. The summed E-state index contributed by atoms with van der Waals surface area (Å²) in [4.78, 5) is 15.4. The van der Waals surface area contributed by atoms with Gasteiger partial charge in [0.1, 0.15) is 6.54 Å². The van der Waals surface area contributed by atoms with E-state index in [1.54, 1.807) is 42.5 Å². The fraction of sp³-hybridized carbons (Fsp3) is 0.500. The molecule has 2 aromatic rings. The van der Waals surface area contributed by atoms with E-state index in [2.05, 4.69) is 17.1 Å². The van der Waals surface area contributed by atoms with Gasteiger partial charge in [0, 0.05) is 12.6 Å². The van der Waals surface area contributed by atoms with E-state index >= 15 is 0 Å². The number of benzene rings is 2. The lowest BCUT2D eigenvalue weighted by molar-refractivity contribution is -0.119. The average Bonchev–Trinajstić information content (AvgIpc) is 2.86. The number of hydrogen-bond donors (Lipinski definition) is 1. The van der Waals surface area contributed by atoms with Gasteiger partial charge in [-0.3, -0.25) is 9.10 Å². The van der Waals surface area contributed by atoms with E-state index in [-0.39, 0.29) is 17.3 Å². The minimum atomic E-state index is -4.00. The molecule has 0 spiro atoms. The highest BCUT2D eigenvalue weighted by atomic mass is 32.2. The Morgan fingerprint density at radius 2 is 1.71 bits per heavy atom. The van der Waals surface area contributed by atoms with Crippen LogP contribution in [-0.2, 0) is 14.8 Å².